The Balaban J connectivity index is 1.44. The van der Waals surface area contributed by atoms with E-state index in [1.807, 2.05) is 61.7 Å². The van der Waals surface area contributed by atoms with Crippen LogP contribution in [0.4, 0.5) is 29.0 Å². The minimum atomic E-state index is -0.279. The van der Waals surface area contributed by atoms with Crippen molar-refractivity contribution in [2.24, 2.45) is 0 Å². The van der Waals surface area contributed by atoms with E-state index in [1.165, 1.54) is 12.4 Å². The Morgan fingerprint density at radius 2 is 1.53 bits per heavy atom. The molecule has 0 radical (unpaired) electrons. The van der Waals surface area contributed by atoms with Gasteiger partial charge in [-0.15, -0.1) is 0 Å². The summed E-state index contributed by atoms with van der Waals surface area (Å²) in [6.07, 6.45) is 4.50. The maximum absolute atomic E-state index is 11.5. The van der Waals surface area contributed by atoms with E-state index in [0.717, 1.165) is 28.2 Å². The van der Waals surface area contributed by atoms with Crippen molar-refractivity contribution in [2.75, 3.05) is 16.0 Å². The number of amides is 1. The number of anilines is 5. The molecule has 2 aromatic heterocycles. The van der Waals surface area contributed by atoms with Crippen LogP contribution in [0.5, 0.6) is 0 Å². The van der Waals surface area contributed by atoms with Gasteiger partial charge in [0.1, 0.15) is 6.33 Å². The first-order valence-electron chi connectivity index (χ1n) is 9.89. The van der Waals surface area contributed by atoms with Gasteiger partial charge >= 0.3 is 0 Å². The van der Waals surface area contributed by atoms with Gasteiger partial charge in [-0.05, 0) is 55.0 Å². The van der Waals surface area contributed by atoms with E-state index >= 15 is 0 Å². The molecule has 32 heavy (non-hydrogen) atoms. The van der Waals surface area contributed by atoms with Gasteiger partial charge in [0.25, 0.3) is 0 Å². The first kappa shape index (κ1) is 20.7. The van der Waals surface area contributed by atoms with Crippen LogP contribution in [0.25, 0.3) is 11.1 Å². The smallest absolute Gasteiger partial charge is 0.247 e. The van der Waals surface area contributed by atoms with Crippen molar-refractivity contribution in [3.05, 3.63) is 91.5 Å². The maximum atomic E-state index is 11.5. The third kappa shape index (κ3) is 5.31. The molecule has 0 spiro atoms. The SMILES string of the molecule is C=CC(=O)Nc1cccc(Nc2ncnc(Nc3ccc(-c4ccc(C)nc4)cc3)n2)c1. The number of rotatable bonds is 7. The van der Waals surface area contributed by atoms with Crippen LogP contribution in [0.15, 0.2) is 85.8 Å². The van der Waals surface area contributed by atoms with E-state index in [4.69, 9.17) is 0 Å². The molecule has 2 aromatic carbocycles. The molecule has 0 fully saturated rings. The van der Waals surface area contributed by atoms with Crippen LogP contribution in [-0.2, 0) is 4.79 Å². The molecule has 3 N–H and O–H groups in total. The summed E-state index contributed by atoms with van der Waals surface area (Å²) in [6.45, 7) is 5.41. The molecule has 0 unspecified atom stereocenters. The molecule has 4 aromatic rings. The maximum Gasteiger partial charge on any atom is 0.247 e. The number of aromatic nitrogens is 4. The largest absolute Gasteiger partial charge is 0.324 e. The number of nitrogens with one attached hydrogen (secondary N) is 3. The number of hydrogen-bond acceptors (Lipinski definition) is 7. The molecule has 0 atom stereocenters. The topological polar surface area (TPSA) is 105 Å². The highest BCUT2D eigenvalue weighted by atomic mass is 16.1. The average Bonchev–Trinajstić information content (AvgIpc) is 2.81. The van der Waals surface area contributed by atoms with E-state index in [9.17, 15) is 4.79 Å². The summed E-state index contributed by atoms with van der Waals surface area (Å²) in [5, 5.41) is 9.00. The lowest BCUT2D eigenvalue weighted by Gasteiger charge is -2.09. The van der Waals surface area contributed by atoms with Crippen molar-refractivity contribution in [1.82, 2.24) is 19.9 Å². The molecule has 0 saturated heterocycles. The molecule has 0 bridgehead atoms. The molecule has 0 saturated carbocycles. The van der Waals surface area contributed by atoms with Crippen LogP contribution >= 0.6 is 0 Å². The second-order valence-electron chi connectivity index (χ2n) is 6.92. The lowest BCUT2D eigenvalue weighted by Crippen LogP contribution is -2.07. The number of nitrogens with zero attached hydrogens (tertiary/aromatic N) is 4. The van der Waals surface area contributed by atoms with Crippen LogP contribution in [0.2, 0.25) is 0 Å². The van der Waals surface area contributed by atoms with Gasteiger partial charge < -0.3 is 16.0 Å². The number of pyridine rings is 1. The second kappa shape index (κ2) is 9.48. The third-order valence-corrected chi connectivity index (χ3v) is 4.53. The zero-order chi connectivity index (χ0) is 22.3. The van der Waals surface area contributed by atoms with Crippen LogP contribution in [-0.4, -0.2) is 25.8 Å². The molecule has 8 nitrogen and oxygen atoms in total. The minimum Gasteiger partial charge on any atom is -0.324 e. The number of aryl methyl sites for hydroxylation is 1. The van der Waals surface area contributed by atoms with Crippen molar-refractivity contribution >= 4 is 34.9 Å². The highest BCUT2D eigenvalue weighted by Gasteiger charge is 2.05. The molecule has 0 aliphatic rings. The lowest BCUT2D eigenvalue weighted by molar-refractivity contribution is -0.111. The fourth-order valence-electron chi connectivity index (χ4n) is 2.93. The van der Waals surface area contributed by atoms with E-state index in [2.05, 4.69) is 42.5 Å². The van der Waals surface area contributed by atoms with Gasteiger partial charge in [-0.25, -0.2) is 9.97 Å². The van der Waals surface area contributed by atoms with Crippen molar-refractivity contribution in [1.29, 1.82) is 0 Å². The van der Waals surface area contributed by atoms with Gasteiger partial charge in [0.15, 0.2) is 0 Å². The van der Waals surface area contributed by atoms with Crippen molar-refractivity contribution in [3.63, 3.8) is 0 Å². The van der Waals surface area contributed by atoms with Crippen molar-refractivity contribution in [2.45, 2.75) is 6.92 Å². The van der Waals surface area contributed by atoms with Crippen LogP contribution in [0, 0.1) is 6.92 Å². The molecule has 8 heteroatoms. The van der Waals surface area contributed by atoms with E-state index in [1.54, 1.807) is 12.1 Å². The Bertz CT molecular complexity index is 1240. The molecule has 158 valence electrons. The summed E-state index contributed by atoms with van der Waals surface area (Å²) >= 11 is 0. The monoisotopic (exact) mass is 423 g/mol. The number of hydrogen-bond donors (Lipinski definition) is 3. The predicted octanol–water partition coefficient (Wildman–Crippen LogP) is 4.85. The zero-order valence-electron chi connectivity index (χ0n) is 17.4. The fraction of sp³-hybridized carbons (Fsp3) is 0.0417. The first-order valence-corrected chi connectivity index (χ1v) is 9.89. The zero-order valence-corrected chi connectivity index (χ0v) is 17.4. The van der Waals surface area contributed by atoms with Gasteiger partial charge in [0, 0.05) is 34.5 Å². The molecule has 4 rings (SSSR count). The highest BCUT2D eigenvalue weighted by molar-refractivity contribution is 5.99. The van der Waals surface area contributed by atoms with Gasteiger partial charge in [-0.1, -0.05) is 30.8 Å². The van der Waals surface area contributed by atoms with Crippen LogP contribution in [0.3, 0.4) is 0 Å². The van der Waals surface area contributed by atoms with Crippen LogP contribution in [0.1, 0.15) is 5.69 Å². The van der Waals surface area contributed by atoms with E-state index in [-0.39, 0.29) is 5.91 Å². The van der Waals surface area contributed by atoms with Crippen molar-refractivity contribution in [3.8, 4) is 11.1 Å². The summed E-state index contributed by atoms with van der Waals surface area (Å²) in [4.78, 5) is 28.6. The molecular formula is C24H21N7O. The lowest BCUT2D eigenvalue weighted by atomic mass is 10.1. The number of carbonyl (C=O) groups is 1. The first-order chi connectivity index (χ1) is 15.6. The van der Waals surface area contributed by atoms with Gasteiger partial charge in [-0.2, -0.15) is 4.98 Å². The number of carbonyl (C=O) groups excluding carboxylic acids is 1. The summed E-state index contributed by atoms with van der Waals surface area (Å²) in [5.41, 5.74) is 5.32. The molecule has 0 aliphatic heterocycles. The Hall–Kier alpha value is -4.59. The predicted molar refractivity (Wildman–Crippen MR) is 126 cm³/mol. The Kier molecular flexibility index (Phi) is 6.12. The Morgan fingerprint density at radius 3 is 2.22 bits per heavy atom. The summed E-state index contributed by atoms with van der Waals surface area (Å²) in [7, 11) is 0. The summed E-state index contributed by atoms with van der Waals surface area (Å²) in [6, 6.07) is 19.2. The molecule has 2 heterocycles. The van der Waals surface area contributed by atoms with Gasteiger partial charge in [0.2, 0.25) is 17.8 Å². The average molecular weight is 423 g/mol. The van der Waals surface area contributed by atoms with Gasteiger partial charge in [-0.3, -0.25) is 9.78 Å². The molecule has 1 amide bonds. The summed E-state index contributed by atoms with van der Waals surface area (Å²) < 4.78 is 0. The standard InChI is InChI=1S/C24H21N7O/c1-3-22(32)28-20-5-4-6-21(13-20)30-24-27-15-26-23(31-24)29-19-11-9-17(10-12-19)18-8-7-16(2)25-14-18/h3-15H,1H2,2H3,(H,28,32)(H2,26,27,29,30,31). The van der Waals surface area contributed by atoms with Gasteiger partial charge in [0.05, 0.1) is 0 Å². The van der Waals surface area contributed by atoms with Crippen molar-refractivity contribution < 1.29 is 4.79 Å². The van der Waals surface area contributed by atoms with Crippen LogP contribution < -0.4 is 16.0 Å². The molecular weight excluding hydrogens is 402 g/mol. The molecule has 0 aliphatic carbocycles. The van der Waals surface area contributed by atoms with E-state index in [0.29, 0.717) is 17.6 Å². The Morgan fingerprint density at radius 1 is 0.844 bits per heavy atom. The van der Waals surface area contributed by atoms with E-state index < -0.39 is 0 Å². The quantitative estimate of drug-likeness (QED) is 0.365. The Labute approximate surface area is 185 Å². The fourth-order valence-corrected chi connectivity index (χ4v) is 2.93. The third-order valence-electron chi connectivity index (χ3n) is 4.53. The summed E-state index contributed by atoms with van der Waals surface area (Å²) in [5.74, 6) is 0.499. The highest BCUT2D eigenvalue weighted by Crippen LogP contribution is 2.23. The minimum absolute atomic E-state index is 0.279. The normalized spacial score (nSPS) is 10.3. The second-order valence-corrected chi connectivity index (χ2v) is 6.92. The number of benzene rings is 2.